The quantitative estimate of drug-likeness (QED) is 0.888. The van der Waals surface area contributed by atoms with E-state index in [4.69, 9.17) is 11.6 Å². The number of rotatable bonds is 5. The number of likely N-dealkylation sites (N-methyl/N-ethyl adjacent to an activating group) is 1. The summed E-state index contributed by atoms with van der Waals surface area (Å²) in [5.74, 6) is 0.150. The second-order valence-corrected chi connectivity index (χ2v) is 5.15. The van der Waals surface area contributed by atoms with Crippen LogP contribution in [0.1, 0.15) is 25.3 Å². The average molecular weight is 267 g/mol. The number of aryl methyl sites for hydroxylation is 1. The Balaban J connectivity index is 1.92. The number of carbonyl (C=O) groups is 1. The van der Waals surface area contributed by atoms with E-state index in [1.54, 1.807) is 0 Å². The van der Waals surface area contributed by atoms with E-state index < -0.39 is 0 Å². The fourth-order valence-electron chi connectivity index (χ4n) is 2.06. The number of hydrogen-bond acceptors (Lipinski definition) is 2. The molecule has 1 aromatic carbocycles. The van der Waals surface area contributed by atoms with Gasteiger partial charge in [-0.3, -0.25) is 4.79 Å². The fraction of sp³-hybridized carbons (Fsp3) is 0.500. The summed E-state index contributed by atoms with van der Waals surface area (Å²) in [4.78, 5) is 14.0. The lowest BCUT2D eigenvalue weighted by Crippen LogP contribution is -2.37. The van der Waals surface area contributed by atoms with Gasteiger partial charge >= 0.3 is 0 Å². The molecule has 0 atom stereocenters. The minimum Gasteiger partial charge on any atom is -0.375 e. The molecule has 4 heteroatoms. The van der Waals surface area contributed by atoms with Gasteiger partial charge in [0, 0.05) is 12.6 Å². The largest absolute Gasteiger partial charge is 0.375 e. The lowest BCUT2D eigenvalue weighted by Gasteiger charge is -2.21. The molecule has 3 nitrogen and oxygen atoms in total. The summed E-state index contributed by atoms with van der Waals surface area (Å²) in [6, 6.07) is 6.26. The van der Waals surface area contributed by atoms with Crippen molar-refractivity contribution < 1.29 is 4.79 Å². The molecule has 0 aromatic heterocycles. The highest BCUT2D eigenvalue weighted by Gasteiger charge is 2.30. The number of amides is 1. The third kappa shape index (κ3) is 3.16. The maximum atomic E-state index is 12.0. The summed E-state index contributed by atoms with van der Waals surface area (Å²) >= 11 is 6.11. The summed E-state index contributed by atoms with van der Waals surface area (Å²) in [6.45, 7) is 5.11. The molecular weight excluding hydrogens is 248 g/mol. The van der Waals surface area contributed by atoms with Crippen LogP contribution in [0.25, 0.3) is 0 Å². The van der Waals surface area contributed by atoms with Crippen LogP contribution < -0.4 is 5.32 Å². The molecule has 1 N–H and O–H groups in total. The minimum atomic E-state index is 0.150. The van der Waals surface area contributed by atoms with E-state index in [1.165, 1.54) is 0 Å². The summed E-state index contributed by atoms with van der Waals surface area (Å²) in [5.41, 5.74) is 1.94. The van der Waals surface area contributed by atoms with Crippen molar-refractivity contribution in [1.82, 2.24) is 4.90 Å². The second kappa shape index (κ2) is 5.61. The number of benzene rings is 1. The van der Waals surface area contributed by atoms with E-state index in [-0.39, 0.29) is 5.91 Å². The van der Waals surface area contributed by atoms with Crippen molar-refractivity contribution in [3.63, 3.8) is 0 Å². The zero-order valence-electron chi connectivity index (χ0n) is 10.9. The van der Waals surface area contributed by atoms with Gasteiger partial charge in [-0.1, -0.05) is 17.7 Å². The van der Waals surface area contributed by atoms with E-state index >= 15 is 0 Å². The molecule has 2 rings (SSSR count). The first kappa shape index (κ1) is 13.2. The Morgan fingerprint density at radius 1 is 1.50 bits per heavy atom. The molecule has 98 valence electrons. The molecule has 1 saturated carbocycles. The van der Waals surface area contributed by atoms with Crippen LogP contribution in [0.15, 0.2) is 18.2 Å². The highest BCUT2D eigenvalue weighted by Crippen LogP contribution is 2.27. The topological polar surface area (TPSA) is 32.3 Å². The van der Waals surface area contributed by atoms with Crippen molar-refractivity contribution in [3.8, 4) is 0 Å². The van der Waals surface area contributed by atoms with Crippen LogP contribution in [0.2, 0.25) is 5.02 Å². The fourth-order valence-corrected chi connectivity index (χ4v) is 2.36. The molecule has 0 spiro atoms. The van der Waals surface area contributed by atoms with Crippen molar-refractivity contribution in [3.05, 3.63) is 28.8 Å². The van der Waals surface area contributed by atoms with Gasteiger partial charge < -0.3 is 10.2 Å². The normalized spacial score (nSPS) is 14.4. The Morgan fingerprint density at radius 3 is 2.78 bits per heavy atom. The predicted octanol–water partition coefficient (Wildman–Crippen LogP) is 3.07. The van der Waals surface area contributed by atoms with Crippen molar-refractivity contribution >= 4 is 23.2 Å². The maximum absolute atomic E-state index is 12.0. The molecule has 0 radical (unpaired) electrons. The Labute approximate surface area is 113 Å². The first-order valence-corrected chi connectivity index (χ1v) is 6.79. The van der Waals surface area contributed by atoms with E-state index in [0.717, 1.165) is 30.6 Å². The molecule has 1 aliphatic carbocycles. The number of halogens is 1. The SMILES string of the molecule is CCN(C(=O)CNc1ccc(C)cc1Cl)C1CC1. The molecule has 1 amide bonds. The first-order valence-electron chi connectivity index (χ1n) is 6.41. The molecule has 0 heterocycles. The summed E-state index contributed by atoms with van der Waals surface area (Å²) in [6.07, 6.45) is 2.29. The van der Waals surface area contributed by atoms with E-state index in [1.807, 2.05) is 36.9 Å². The molecule has 1 aromatic rings. The summed E-state index contributed by atoms with van der Waals surface area (Å²) in [5, 5.41) is 3.78. The number of anilines is 1. The van der Waals surface area contributed by atoms with Crippen LogP contribution in [0.3, 0.4) is 0 Å². The Kier molecular flexibility index (Phi) is 4.12. The van der Waals surface area contributed by atoms with Crippen molar-refractivity contribution in [2.75, 3.05) is 18.4 Å². The highest BCUT2D eigenvalue weighted by molar-refractivity contribution is 6.33. The number of nitrogens with zero attached hydrogens (tertiary/aromatic N) is 1. The highest BCUT2D eigenvalue weighted by atomic mass is 35.5. The van der Waals surface area contributed by atoms with Crippen LogP contribution in [-0.4, -0.2) is 29.9 Å². The van der Waals surface area contributed by atoms with Gasteiger partial charge in [0.2, 0.25) is 5.91 Å². The number of hydrogen-bond donors (Lipinski definition) is 1. The zero-order chi connectivity index (χ0) is 13.1. The van der Waals surface area contributed by atoms with Gasteiger partial charge in [0.25, 0.3) is 0 Å². The number of carbonyl (C=O) groups excluding carboxylic acids is 1. The average Bonchev–Trinajstić information content (AvgIpc) is 3.13. The van der Waals surface area contributed by atoms with Gasteiger partial charge in [-0.25, -0.2) is 0 Å². The standard InChI is InChI=1S/C14H19ClN2O/c1-3-17(11-5-6-11)14(18)9-16-13-7-4-10(2)8-12(13)15/h4,7-8,11,16H,3,5-6,9H2,1-2H3. The predicted molar refractivity (Wildman–Crippen MR) is 75.1 cm³/mol. The van der Waals surface area contributed by atoms with Gasteiger partial charge in [-0.05, 0) is 44.4 Å². The Morgan fingerprint density at radius 2 is 2.22 bits per heavy atom. The molecule has 18 heavy (non-hydrogen) atoms. The van der Waals surface area contributed by atoms with Gasteiger partial charge in [0.1, 0.15) is 0 Å². The molecular formula is C14H19ClN2O. The molecule has 1 aliphatic rings. The van der Waals surface area contributed by atoms with Gasteiger partial charge in [-0.2, -0.15) is 0 Å². The third-order valence-electron chi connectivity index (χ3n) is 3.20. The maximum Gasteiger partial charge on any atom is 0.242 e. The number of nitrogens with one attached hydrogen (secondary N) is 1. The van der Waals surface area contributed by atoms with Gasteiger partial charge in [-0.15, -0.1) is 0 Å². The lowest BCUT2D eigenvalue weighted by atomic mass is 10.2. The van der Waals surface area contributed by atoms with E-state index in [2.05, 4.69) is 5.32 Å². The van der Waals surface area contributed by atoms with Crippen LogP contribution in [-0.2, 0) is 4.79 Å². The van der Waals surface area contributed by atoms with Crippen molar-refractivity contribution in [2.45, 2.75) is 32.7 Å². The van der Waals surface area contributed by atoms with E-state index in [0.29, 0.717) is 17.6 Å². The van der Waals surface area contributed by atoms with Crippen LogP contribution in [0.4, 0.5) is 5.69 Å². The zero-order valence-corrected chi connectivity index (χ0v) is 11.6. The first-order chi connectivity index (χ1) is 8.61. The summed E-state index contributed by atoms with van der Waals surface area (Å²) in [7, 11) is 0. The molecule has 0 bridgehead atoms. The van der Waals surface area contributed by atoms with Crippen LogP contribution in [0, 0.1) is 6.92 Å². The molecule has 1 fully saturated rings. The summed E-state index contributed by atoms with van der Waals surface area (Å²) < 4.78 is 0. The minimum absolute atomic E-state index is 0.150. The molecule has 0 saturated heterocycles. The second-order valence-electron chi connectivity index (χ2n) is 4.75. The van der Waals surface area contributed by atoms with Crippen LogP contribution in [0.5, 0.6) is 0 Å². The van der Waals surface area contributed by atoms with Crippen molar-refractivity contribution in [2.24, 2.45) is 0 Å². The lowest BCUT2D eigenvalue weighted by molar-refractivity contribution is -0.129. The molecule has 0 unspecified atom stereocenters. The van der Waals surface area contributed by atoms with E-state index in [9.17, 15) is 4.79 Å². The van der Waals surface area contributed by atoms with Gasteiger partial charge in [0.15, 0.2) is 0 Å². The van der Waals surface area contributed by atoms with Gasteiger partial charge in [0.05, 0.1) is 17.3 Å². The molecule has 0 aliphatic heterocycles. The smallest absolute Gasteiger partial charge is 0.242 e. The monoisotopic (exact) mass is 266 g/mol. The Hall–Kier alpha value is -1.22. The van der Waals surface area contributed by atoms with Crippen LogP contribution >= 0.6 is 11.6 Å². The Bertz CT molecular complexity index is 443. The third-order valence-corrected chi connectivity index (χ3v) is 3.52. The van der Waals surface area contributed by atoms with Crippen molar-refractivity contribution in [1.29, 1.82) is 0 Å².